The van der Waals surface area contributed by atoms with Crippen LogP contribution in [0.2, 0.25) is 10.0 Å². The van der Waals surface area contributed by atoms with Gasteiger partial charge in [0.05, 0.1) is 5.02 Å². The summed E-state index contributed by atoms with van der Waals surface area (Å²) in [4.78, 5) is 33.2. The van der Waals surface area contributed by atoms with E-state index < -0.39 is 11.2 Å². The summed E-state index contributed by atoms with van der Waals surface area (Å²) >= 11 is 12.6. The van der Waals surface area contributed by atoms with Gasteiger partial charge in [-0.2, -0.15) is 0 Å². The van der Waals surface area contributed by atoms with Gasteiger partial charge in [-0.1, -0.05) is 68.4 Å². The second-order valence-electron chi connectivity index (χ2n) is 7.82. The average molecular weight is 485 g/mol. The Balaban J connectivity index is 0.00000126. The Hall–Kier alpha value is -2.83. The van der Waals surface area contributed by atoms with Crippen LogP contribution in [0.25, 0.3) is 28.2 Å². The lowest BCUT2D eigenvalue weighted by atomic mass is 9.95. The Morgan fingerprint density at radius 2 is 1.61 bits per heavy atom. The molecule has 0 amide bonds. The number of hydrogen-bond donors (Lipinski definition) is 1. The number of nitrogens with zero attached hydrogens (tertiary/aromatic N) is 3. The van der Waals surface area contributed by atoms with Gasteiger partial charge in [-0.05, 0) is 49.2 Å². The van der Waals surface area contributed by atoms with Crippen LogP contribution in [-0.4, -0.2) is 19.1 Å². The zero-order valence-electron chi connectivity index (χ0n) is 18.6. The van der Waals surface area contributed by atoms with Crippen LogP contribution in [0, 0.1) is 0 Å². The van der Waals surface area contributed by atoms with Gasteiger partial charge in [0.1, 0.15) is 5.82 Å². The molecule has 0 atom stereocenters. The van der Waals surface area contributed by atoms with Gasteiger partial charge in [0.15, 0.2) is 11.2 Å². The lowest BCUT2D eigenvalue weighted by molar-refractivity contribution is 0.349. The molecule has 1 aliphatic rings. The molecule has 0 unspecified atom stereocenters. The zero-order valence-corrected chi connectivity index (χ0v) is 20.2. The fourth-order valence-electron chi connectivity index (χ4n) is 4.44. The first-order valence-corrected chi connectivity index (χ1v) is 12.1. The quantitative estimate of drug-likeness (QED) is 0.366. The standard InChI is InChI=1S/C23H20Cl2N4O2.C2H6/c24-14-10-12-16(13-11-14)28-19-21(26-20(28)17-8-4-5-9-18(17)25)29(23(31)27-22(19)30)15-6-2-1-3-7-15;1-2/h4-5,8-13,15H,1-3,6-7H2,(H,27,30,31);1-2H3. The minimum absolute atomic E-state index is 0.00765. The van der Waals surface area contributed by atoms with Crippen molar-refractivity contribution in [3.05, 3.63) is 79.4 Å². The Labute approximate surface area is 201 Å². The maximum Gasteiger partial charge on any atom is 0.330 e. The van der Waals surface area contributed by atoms with Gasteiger partial charge in [0.2, 0.25) is 0 Å². The highest BCUT2D eigenvalue weighted by molar-refractivity contribution is 6.33. The van der Waals surface area contributed by atoms with Crippen LogP contribution in [0.4, 0.5) is 0 Å². The molecular weight excluding hydrogens is 459 g/mol. The Kier molecular flexibility index (Phi) is 7.05. The number of hydrogen-bond acceptors (Lipinski definition) is 3. The van der Waals surface area contributed by atoms with Crippen molar-refractivity contribution >= 4 is 34.4 Å². The molecule has 0 bridgehead atoms. The third kappa shape index (κ3) is 4.37. The molecule has 33 heavy (non-hydrogen) atoms. The molecule has 1 fully saturated rings. The number of rotatable bonds is 3. The van der Waals surface area contributed by atoms with Crippen LogP contribution >= 0.6 is 23.2 Å². The van der Waals surface area contributed by atoms with E-state index in [4.69, 9.17) is 28.2 Å². The zero-order chi connectivity index (χ0) is 23.5. The molecule has 1 saturated carbocycles. The largest absolute Gasteiger partial charge is 0.330 e. The van der Waals surface area contributed by atoms with E-state index in [1.54, 1.807) is 27.3 Å². The Bertz CT molecular complexity index is 1380. The fourth-order valence-corrected chi connectivity index (χ4v) is 4.78. The average Bonchev–Trinajstić information content (AvgIpc) is 3.22. The maximum atomic E-state index is 13.0. The molecule has 0 spiro atoms. The normalized spacial score (nSPS) is 14.2. The summed E-state index contributed by atoms with van der Waals surface area (Å²) in [5.74, 6) is 0.503. The molecule has 0 aliphatic heterocycles. The van der Waals surface area contributed by atoms with Crippen molar-refractivity contribution in [2.24, 2.45) is 0 Å². The molecule has 2 heterocycles. The molecule has 172 valence electrons. The molecule has 0 saturated heterocycles. The highest BCUT2D eigenvalue weighted by Gasteiger charge is 2.26. The van der Waals surface area contributed by atoms with E-state index >= 15 is 0 Å². The number of aromatic amines is 1. The smallest absolute Gasteiger partial charge is 0.286 e. The van der Waals surface area contributed by atoms with Crippen molar-refractivity contribution in [3.63, 3.8) is 0 Å². The van der Waals surface area contributed by atoms with E-state index in [1.807, 2.05) is 44.2 Å². The van der Waals surface area contributed by atoms with E-state index in [1.165, 1.54) is 0 Å². The Morgan fingerprint density at radius 3 is 2.27 bits per heavy atom. The van der Waals surface area contributed by atoms with Gasteiger partial charge in [-0.15, -0.1) is 0 Å². The molecule has 2 aromatic heterocycles. The second-order valence-corrected chi connectivity index (χ2v) is 8.66. The highest BCUT2D eigenvalue weighted by Crippen LogP contribution is 2.34. The molecule has 0 radical (unpaired) electrons. The van der Waals surface area contributed by atoms with Gasteiger partial charge in [-0.25, -0.2) is 9.78 Å². The van der Waals surface area contributed by atoms with Crippen molar-refractivity contribution in [1.29, 1.82) is 0 Å². The number of fused-ring (bicyclic) bond motifs is 1. The molecular formula is C25H26Cl2N4O2. The van der Waals surface area contributed by atoms with Crippen molar-refractivity contribution in [2.45, 2.75) is 52.0 Å². The molecule has 4 aromatic rings. The van der Waals surface area contributed by atoms with E-state index in [0.717, 1.165) is 32.1 Å². The summed E-state index contributed by atoms with van der Waals surface area (Å²) < 4.78 is 3.41. The van der Waals surface area contributed by atoms with E-state index in [-0.39, 0.29) is 6.04 Å². The third-order valence-corrected chi connectivity index (χ3v) is 6.46. The van der Waals surface area contributed by atoms with Crippen molar-refractivity contribution in [1.82, 2.24) is 19.1 Å². The molecule has 6 nitrogen and oxygen atoms in total. The maximum absolute atomic E-state index is 13.0. The summed E-state index contributed by atoms with van der Waals surface area (Å²) in [7, 11) is 0. The monoisotopic (exact) mass is 484 g/mol. The van der Waals surface area contributed by atoms with Crippen LogP contribution < -0.4 is 11.2 Å². The third-order valence-electron chi connectivity index (χ3n) is 5.88. The Morgan fingerprint density at radius 1 is 0.939 bits per heavy atom. The summed E-state index contributed by atoms with van der Waals surface area (Å²) in [6.45, 7) is 4.00. The summed E-state index contributed by atoms with van der Waals surface area (Å²) in [5.41, 5.74) is 1.19. The second kappa shape index (κ2) is 9.98. The van der Waals surface area contributed by atoms with Crippen molar-refractivity contribution in [2.75, 3.05) is 0 Å². The minimum Gasteiger partial charge on any atom is -0.286 e. The van der Waals surface area contributed by atoms with E-state index in [2.05, 4.69) is 4.98 Å². The van der Waals surface area contributed by atoms with Gasteiger partial charge >= 0.3 is 5.69 Å². The molecule has 2 aromatic carbocycles. The lowest BCUT2D eigenvalue weighted by Crippen LogP contribution is -2.34. The van der Waals surface area contributed by atoms with Crippen molar-refractivity contribution in [3.8, 4) is 17.1 Å². The first kappa shape index (κ1) is 23.3. The fraction of sp³-hybridized carbons (Fsp3) is 0.320. The van der Waals surface area contributed by atoms with Crippen LogP contribution in [-0.2, 0) is 0 Å². The number of benzene rings is 2. The first-order chi connectivity index (χ1) is 16.0. The predicted octanol–water partition coefficient (Wildman–Crippen LogP) is 6.38. The predicted molar refractivity (Wildman–Crippen MR) is 135 cm³/mol. The topological polar surface area (TPSA) is 72.7 Å². The van der Waals surface area contributed by atoms with Crippen LogP contribution in [0.5, 0.6) is 0 Å². The summed E-state index contributed by atoms with van der Waals surface area (Å²) in [5, 5.41) is 1.09. The molecule has 5 rings (SSSR count). The molecule has 1 aliphatic carbocycles. The van der Waals surface area contributed by atoms with Gasteiger partial charge < -0.3 is 0 Å². The first-order valence-electron chi connectivity index (χ1n) is 11.3. The highest BCUT2D eigenvalue weighted by atomic mass is 35.5. The minimum atomic E-state index is -0.479. The van der Waals surface area contributed by atoms with Gasteiger partial charge in [0, 0.05) is 22.3 Å². The van der Waals surface area contributed by atoms with E-state index in [0.29, 0.717) is 38.3 Å². The van der Waals surface area contributed by atoms with E-state index in [9.17, 15) is 9.59 Å². The van der Waals surface area contributed by atoms with Crippen molar-refractivity contribution < 1.29 is 0 Å². The lowest BCUT2D eigenvalue weighted by Gasteiger charge is -2.23. The number of halogens is 2. The number of H-pyrrole nitrogens is 1. The number of imidazole rings is 1. The molecule has 8 heteroatoms. The summed E-state index contributed by atoms with van der Waals surface area (Å²) in [6.07, 6.45) is 5.02. The van der Waals surface area contributed by atoms with Gasteiger partial charge in [-0.3, -0.25) is 18.9 Å². The SMILES string of the molecule is CC.O=c1[nH]c(=O)n(C2CCCCC2)c2nc(-c3ccccc3Cl)n(-c3ccc(Cl)cc3)c12. The summed E-state index contributed by atoms with van der Waals surface area (Å²) in [6, 6.07) is 14.5. The number of nitrogens with one attached hydrogen (secondary N) is 1. The number of aromatic nitrogens is 4. The van der Waals surface area contributed by atoms with Gasteiger partial charge in [0.25, 0.3) is 5.56 Å². The van der Waals surface area contributed by atoms with Crippen LogP contribution in [0.15, 0.2) is 58.1 Å². The van der Waals surface area contributed by atoms with Crippen LogP contribution in [0.3, 0.4) is 0 Å². The molecule has 1 N–H and O–H groups in total. The van der Waals surface area contributed by atoms with Crippen LogP contribution in [0.1, 0.15) is 52.0 Å².